The van der Waals surface area contributed by atoms with Crippen LogP contribution in [0.25, 0.3) is 0 Å². The average molecular weight is 324 g/mol. The van der Waals surface area contributed by atoms with Crippen molar-refractivity contribution in [2.75, 3.05) is 7.11 Å². The average Bonchev–Trinajstić information content (AvgIpc) is 2.41. The molecule has 1 heterocycles. The number of benzene rings is 1. The monoisotopic (exact) mass is 323 g/mol. The predicted molar refractivity (Wildman–Crippen MR) is 72.9 cm³/mol. The van der Waals surface area contributed by atoms with Crippen molar-refractivity contribution in [2.45, 2.75) is 6.42 Å². The molecule has 0 bridgehead atoms. The summed E-state index contributed by atoms with van der Waals surface area (Å²) in [5.41, 5.74) is 0.797. The predicted octanol–water partition coefficient (Wildman–Crippen LogP) is 3.42. The number of Topliss-reactive ketones (excluding diaryl/α,β-unsaturated/α-hetero) is 1. The Labute approximate surface area is 118 Å². The van der Waals surface area contributed by atoms with Gasteiger partial charge in [0.25, 0.3) is 0 Å². The molecule has 1 aromatic heterocycles. The largest absolute Gasteiger partial charge is 0.497 e. The molecule has 0 aliphatic carbocycles. The number of ketones is 1. The molecule has 98 valence electrons. The Morgan fingerprint density at radius 2 is 2.21 bits per heavy atom. The fourth-order valence-electron chi connectivity index (χ4n) is 1.68. The van der Waals surface area contributed by atoms with Gasteiger partial charge in [-0.1, -0.05) is 15.9 Å². The van der Waals surface area contributed by atoms with Crippen LogP contribution in [-0.2, 0) is 6.42 Å². The quantitative estimate of drug-likeness (QED) is 0.809. The summed E-state index contributed by atoms with van der Waals surface area (Å²) in [6.45, 7) is 0. The number of methoxy groups -OCH3 is 1. The molecule has 0 fully saturated rings. The Morgan fingerprint density at radius 1 is 1.42 bits per heavy atom. The smallest absolute Gasteiger partial charge is 0.170 e. The fourth-order valence-corrected chi connectivity index (χ4v) is 2.07. The van der Waals surface area contributed by atoms with E-state index in [1.54, 1.807) is 25.3 Å². The van der Waals surface area contributed by atoms with Crippen molar-refractivity contribution in [1.82, 2.24) is 4.98 Å². The minimum atomic E-state index is -0.605. The van der Waals surface area contributed by atoms with Gasteiger partial charge in [0.1, 0.15) is 5.75 Å². The second-order valence-corrected chi connectivity index (χ2v) is 4.77. The fraction of sp³-hybridized carbons (Fsp3) is 0.143. The summed E-state index contributed by atoms with van der Waals surface area (Å²) >= 11 is 3.37. The maximum absolute atomic E-state index is 13.5. The van der Waals surface area contributed by atoms with Crippen LogP contribution in [0.4, 0.5) is 4.39 Å². The standard InChI is InChI=1S/C14H11BrFNO2/c1-19-10-2-3-12(15)9(6-10)7-14(18)11-4-5-17-8-13(11)16/h2-6,8H,7H2,1H3. The van der Waals surface area contributed by atoms with Crippen LogP contribution in [0.5, 0.6) is 5.75 Å². The van der Waals surface area contributed by atoms with Gasteiger partial charge in [-0.25, -0.2) is 4.39 Å². The second kappa shape index (κ2) is 5.93. The molecule has 1 aromatic carbocycles. The van der Waals surface area contributed by atoms with E-state index < -0.39 is 5.82 Å². The van der Waals surface area contributed by atoms with Crippen molar-refractivity contribution in [3.8, 4) is 5.75 Å². The van der Waals surface area contributed by atoms with E-state index in [2.05, 4.69) is 20.9 Å². The number of pyridine rings is 1. The molecule has 3 nitrogen and oxygen atoms in total. The number of carbonyl (C=O) groups excluding carboxylic acids is 1. The molecule has 2 rings (SSSR count). The zero-order chi connectivity index (χ0) is 13.8. The molecular formula is C14H11BrFNO2. The molecule has 0 unspecified atom stereocenters. The van der Waals surface area contributed by atoms with Gasteiger partial charge in [0.05, 0.1) is 18.9 Å². The van der Waals surface area contributed by atoms with Crippen LogP contribution in [0.3, 0.4) is 0 Å². The van der Waals surface area contributed by atoms with Crippen LogP contribution in [0.2, 0.25) is 0 Å². The summed E-state index contributed by atoms with van der Waals surface area (Å²) in [6.07, 6.45) is 2.53. The highest BCUT2D eigenvalue weighted by Gasteiger charge is 2.14. The van der Waals surface area contributed by atoms with Crippen LogP contribution >= 0.6 is 15.9 Å². The van der Waals surface area contributed by atoms with E-state index in [0.29, 0.717) is 5.75 Å². The molecule has 19 heavy (non-hydrogen) atoms. The van der Waals surface area contributed by atoms with Gasteiger partial charge in [0.15, 0.2) is 11.6 Å². The molecule has 0 aliphatic rings. The van der Waals surface area contributed by atoms with Gasteiger partial charge < -0.3 is 4.74 Å². The third-order valence-corrected chi connectivity index (χ3v) is 3.45. The topological polar surface area (TPSA) is 39.2 Å². The van der Waals surface area contributed by atoms with Crippen LogP contribution in [0.1, 0.15) is 15.9 Å². The highest BCUT2D eigenvalue weighted by atomic mass is 79.9. The van der Waals surface area contributed by atoms with Crippen LogP contribution in [-0.4, -0.2) is 17.9 Å². The second-order valence-electron chi connectivity index (χ2n) is 3.91. The molecule has 0 radical (unpaired) electrons. The van der Waals surface area contributed by atoms with Crippen molar-refractivity contribution >= 4 is 21.7 Å². The minimum Gasteiger partial charge on any atom is -0.497 e. The molecule has 0 saturated heterocycles. The summed E-state index contributed by atoms with van der Waals surface area (Å²) < 4.78 is 19.4. The molecule has 0 atom stereocenters. The number of nitrogens with zero attached hydrogens (tertiary/aromatic N) is 1. The lowest BCUT2D eigenvalue weighted by atomic mass is 10.0. The van der Waals surface area contributed by atoms with E-state index in [9.17, 15) is 9.18 Å². The maximum Gasteiger partial charge on any atom is 0.170 e. The van der Waals surface area contributed by atoms with E-state index >= 15 is 0 Å². The van der Waals surface area contributed by atoms with Gasteiger partial charge in [-0.15, -0.1) is 0 Å². The Bertz CT molecular complexity index is 616. The van der Waals surface area contributed by atoms with Crippen molar-refractivity contribution in [3.63, 3.8) is 0 Å². The van der Waals surface area contributed by atoms with Crippen molar-refractivity contribution in [3.05, 3.63) is 58.1 Å². The molecule has 5 heteroatoms. The highest BCUT2D eigenvalue weighted by molar-refractivity contribution is 9.10. The maximum atomic E-state index is 13.5. The third-order valence-electron chi connectivity index (χ3n) is 2.68. The molecule has 0 aliphatic heterocycles. The van der Waals surface area contributed by atoms with Crippen LogP contribution < -0.4 is 4.74 Å². The molecular weight excluding hydrogens is 313 g/mol. The number of hydrogen-bond acceptors (Lipinski definition) is 3. The van der Waals surface area contributed by atoms with Crippen LogP contribution in [0, 0.1) is 5.82 Å². The number of hydrogen-bond donors (Lipinski definition) is 0. The first-order valence-electron chi connectivity index (χ1n) is 5.57. The van der Waals surface area contributed by atoms with Gasteiger partial charge in [-0.3, -0.25) is 9.78 Å². The summed E-state index contributed by atoms with van der Waals surface area (Å²) in [5, 5.41) is 0. The normalized spacial score (nSPS) is 10.3. The van der Waals surface area contributed by atoms with Crippen molar-refractivity contribution < 1.29 is 13.9 Å². The Morgan fingerprint density at radius 3 is 2.89 bits per heavy atom. The number of rotatable bonds is 4. The SMILES string of the molecule is COc1ccc(Br)c(CC(=O)c2ccncc2F)c1. The first-order valence-corrected chi connectivity index (χ1v) is 6.36. The van der Waals surface area contributed by atoms with E-state index in [0.717, 1.165) is 16.2 Å². The molecule has 2 aromatic rings. The van der Waals surface area contributed by atoms with Gasteiger partial charge in [-0.2, -0.15) is 0 Å². The lowest BCUT2D eigenvalue weighted by Crippen LogP contribution is -2.07. The highest BCUT2D eigenvalue weighted by Crippen LogP contribution is 2.24. The lowest BCUT2D eigenvalue weighted by molar-refractivity contribution is 0.0988. The Balaban J connectivity index is 2.26. The molecule has 0 saturated carbocycles. The summed E-state index contributed by atoms with van der Waals surface area (Å²) in [4.78, 5) is 15.7. The van der Waals surface area contributed by atoms with E-state index in [1.165, 1.54) is 12.3 Å². The van der Waals surface area contributed by atoms with Gasteiger partial charge in [0.2, 0.25) is 0 Å². The van der Waals surface area contributed by atoms with E-state index in [4.69, 9.17) is 4.74 Å². The molecule has 0 amide bonds. The van der Waals surface area contributed by atoms with Crippen LogP contribution in [0.15, 0.2) is 41.1 Å². The number of aromatic nitrogens is 1. The number of halogens is 2. The lowest BCUT2D eigenvalue weighted by Gasteiger charge is -2.07. The van der Waals surface area contributed by atoms with Crippen molar-refractivity contribution in [2.24, 2.45) is 0 Å². The first kappa shape index (κ1) is 13.7. The summed E-state index contributed by atoms with van der Waals surface area (Å²) in [7, 11) is 1.55. The molecule has 0 spiro atoms. The van der Waals surface area contributed by atoms with E-state index in [-0.39, 0.29) is 17.8 Å². The minimum absolute atomic E-state index is 0.0460. The van der Waals surface area contributed by atoms with Gasteiger partial charge in [-0.05, 0) is 29.8 Å². The zero-order valence-corrected chi connectivity index (χ0v) is 11.8. The summed E-state index contributed by atoms with van der Waals surface area (Å²) in [5.74, 6) is -0.249. The van der Waals surface area contributed by atoms with Crippen molar-refractivity contribution in [1.29, 1.82) is 0 Å². The molecule has 0 N–H and O–H groups in total. The zero-order valence-electron chi connectivity index (χ0n) is 10.2. The Hall–Kier alpha value is -1.75. The van der Waals surface area contributed by atoms with Gasteiger partial charge >= 0.3 is 0 Å². The first-order chi connectivity index (χ1) is 9.11. The number of carbonyl (C=O) groups is 1. The third kappa shape index (κ3) is 3.17. The number of ether oxygens (including phenoxy) is 1. The van der Waals surface area contributed by atoms with Gasteiger partial charge in [0, 0.05) is 17.1 Å². The summed E-state index contributed by atoms with van der Waals surface area (Å²) in [6, 6.07) is 6.71. The van der Waals surface area contributed by atoms with E-state index in [1.807, 2.05) is 0 Å². The Kier molecular flexibility index (Phi) is 4.27.